The van der Waals surface area contributed by atoms with Crippen LogP contribution in [0.4, 0.5) is 0 Å². The standard InChI is InChI=1S/C21H20N2O4/c1-3-7-16-10-14(11-18(20(16)24)26-4-2)13-22-23-21(25)19-12-15-8-5-6-9-17(15)27-19/h3,5-6,8-13,24H,1,4,7H2,2H3,(H,23,25)/b22-13+. The topological polar surface area (TPSA) is 84.1 Å². The lowest BCUT2D eigenvalue weighted by molar-refractivity contribution is 0.0929. The summed E-state index contributed by atoms with van der Waals surface area (Å²) in [5.74, 6) is 0.182. The molecule has 138 valence electrons. The number of phenolic OH excluding ortho intramolecular Hbond substituents is 1. The van der Waals surface area contributed by atoms with Crippen LogP contribution in [0.25, 0.3) is 11.0 Å². The van der Waals surface area contributed by atoms with Gasteiger partial charge in [0.05, 0.1) is 12.8 Å². The second kappa shape index (κ2) is 8.23. The van der Waals surface area contributed by atoms with Crippen molar-refractivity contribution in [2.24, 2.45) is 5.10 Å². The van der Waals surface area contributed by atoms with Gasteiger partial charge in [-0.2, -0.15) is 5.10 Å². The first-order valence-electron chi connectivity index (χ1n) is 8.54. The van der Waals surface area contributed by atoms with E-state index < -0.39 is 5.91 Å². The van der Waals surface area contributed by atoms with E-state index in [0.717, 1.165) is 5.39 Å². The Labute approximate surface area is 156 Å². The SMILES string of the molecule is C=CCc1cc(/C=N/NC(=O)c2cc3ccccc3o2)cc(OCC)c1O. The smallest absolute Gasteiger partial charge is 0.307 e. The fourth-order valence-electron chi connectivity index (χ4n) is 2.65. The molecule has 27 heavy (non-hydrogen) atoms. The molecule has 0 bridgehead atoms. The minimum atomic E-state index is -0.447. The van der Waals surface area contributed by atoms with E-state index in [0.29, 0.717) is 35.5 Å². The van der Waals surface area contributed by atoms with Crippen molar-refractivity contribution < 1.29 is 19.1 Å². The number of nitrogens with one attached hydrogen (secondary N) is 1. The Morgan fingerprint density at radius 2 is 2.15 bits per heavy atom. The van der Waals surface area contributed by atoms with Crippen molar-refractivity contribution in [1.29, 1.82) is 0 Å². The van der Waals surface area contributed by atoms with Crippen molar-refractivity contribution in [3.05, 3.63) is 72.0 Å². The Morgan fingerprint density at radius 1 is 1.33 bits per heavy atom. The van der Waals surface area contributed by atoms with E-state index in [-0.39, 0.29) is 11.5 Å². The first kappa shape index (κ1) is 18.3. The van der Waals surface area contributed by atoms with Crippen LogP contribution in [0.1, 0.15) is 28.6 Å². The lowest BCUT2D eigenvalue weighted by Crippen LogP contribution is -2.16. The minimum Gasteiger partial charge on any atom is -0.504 e. The molecule has 2 aromatic carbocycles. The molecular weight excluding hydrogens is 344 g/mol. The molecular formula is C21H20N2O4. The number of para-hydroxylation sites is 1. The van der Waals surface area contributed by atoms with Crippen LogP contribution in [-0.2, 0) is 6.42 Å². The molecule has 2 N–H and O–H groups in total. The van der Waals surface area contributed by atoms with Gasteiger partial charge in [0.15, 0.2) is 17.3 Å². The number of aromatic hydroxyl groups is 1. The molecule has 0 saturated carbocycles. The van der Waals surface area contributed by atoms with Crippen LogP contribution < -0.4 is 10.2 Å². The number of fused-ring (bicyclic) bond motifs is 1. The van der Waals surface area contributed by atoms with E-state index in [9.17, 15) is 9.90 Å². The van der Waals surface area contributed by atoms with Gasteiger partial charge in [-0.1, -0.05) is 24.3 Å². The molecule has 0 saturated heterocycles. The average molecular weight is 364 g/mol. The number of ether oxygens (including phenoxy) is 1. The Kier molecular flexibility index (Phi) is 5.56. The van der Waals surface area contributed by atoms with Gasteiger partial charge in [0.1, 0.15) is 5.58 Å². The van der Waals surface area contributed by atoms with Gasteiger partial charge in [-0.3, -0.25) is 4.79 Å². The monoisotopic (exact) mass is 364 g/mol. The first-order valence-corrected chi connectivity index (χ1v) is 8.54. The highest BCUT2D eigenvalue weighted by atomic mass is 16.5. The Hall–Kier alpha value is -3.54. The van der Waals surface area contributed by atoms with Gasteiger partial charge >= 0.3 is 5.91 Å². The molecule has 0 radical (unpaired) electrons. The van der Waals surface area contributed by atoms with E-state index in [2.05, 4.69) is 17.1 Å². The molecule has 1 aromatic heterocycles. The van der Waals surface area contributed by atoms with Crippen LogP contribution in [-0.4, -0.2) is 23.8 Å². The van der Waals surface area contributed by atoms with Crippen molar-refractivity contribution >= 4 is 23.1 Å². The summed E-state index contributed by atoms with van der Waals surface area (Å²) in [4.78, 5) is 12.2. The van der Waals surface area contributed by atoms with Gasteiger partial charge in [0, 0.05) is 10.9 Å². The summed E-state index contributed by atoms with van der Waals surface area (Å²) in [5.41, 5.74) is 4.42. The number of amides is 1. The molecule has 0 spiro atoms. The number of phenols is 1. The summed E-state index contributed by atoms with van der Waals surface area (Å²) >= 11 is 0. The van der Waals surface area contributed by atoms with Crippen molar-refractivity contribution in [3.63, 3.8) is 0 Å². The summed E-state index contributed by atoms with van der Waals surface area (Å²) in [6.07, 6.45) is 3.66. The highest BCUT2D eigenvalue weighted by Gasteiger charge is 2.12. The summed E-state index contributed by atoms with van der Waals surface area (Å²) in [7, 11) is 0. The number of carbonyl (C=O) groups excluding carboxylic acids is 1. The molecule has 6 nitrogen and oxygen atoms in total. The number of hydrogen-bond donors (Lipinski definition) is 2. The molecule has 6 heteroatoms. The number of carbonyl (C=O) groups is 1. The van der Waals surface area contributed by atoms with Crippen LogP contribution in [0.2, 0.25) is 0 Å². The van der Waals surface area contributed by atoms with Gasteiger partial charge in [-0.05, 0) is 43.2 Å². The number of furan rings is 1. The number of hydrazone groups is 1. The third kappa shape index (κ3) is 4.17. The second-order valence-corrected chi connectivity index (χ2v) is 5.80. The fourth-order valence-corrected chi connectivity index (χ4v) is 2.65. The van der Waals surface area contributed by atoms with Crippen LogP contribution in [0.5, 0.6) is 11.5 Å². The number of hydrogen-bond acceptors (Lipinski definition) is 5. The minimum absolute atomic E-state index is 0.0835. The molecule has 1 amide bonds. The number of benzene rings is 2. The first-order chi connectivity index (χ1) is 13.1. The van der Waals surface area contributed by atoms with Gasteiger partial charge < -0.3 is 14.3 Å². The summed E-state index contributed by atoms with van der Waals surface area (Å²) in [6.45, 7) is 5.94. The second-order valence-electron chi connectivity index (χ2n) is 5.80. The van der Waals surface area contributed by atoms with E-state index in [1.165, 1.54) is 6.21 Å². The zero-order valence-electron chi connectivity index (χ0n) is 14.9. The third-order valence-electron chi connectivity index (χ3n) is 3.87. The zero-order chi connectivity index (χ0) is 19.2. The van der Waals surface area contributed by atoms with Gasteiger partial charge in [-0.15, -0.1) is 6.58 Å². The average Bonchev–Trinajstić information content (AvgIpc) is 3.10. The third-order valence-corrected chi connectivity index (χ3v) is 3.87. The molecule has 0 aliphatic heterocycles. The van der Waals surface area contributed by atoms with Crippen LogP contribution in [0.15, 0.2) is 64.6 Å². The van der Waals surface area contributed by atoms with Gasteiger partial charge in [-0.25, -0.2) is 5.43 Å². The summed E-state index contributed by atoms with van der Waals surface area (Å²) in [5, 5.41) is 15.0. The van der Waals surface area contributed by atoms with Gasteiger partial charge in [0.25, 0.3) is 0 Å². The maximum absolute atomic E-state index is 12.2. The molecule has 1 heterocycles. The van der Waals surface area contributed by atoms with Crippen molar-refractivity contribution in [3.8, 4) is 11.5 Å². The van der Waals surface area contributed by atoms with Crippen molar-refractivity contribution in [2.75, 3.05) is 6.61 Å². The Balaban J connectivity index is 1.76. The van der Waals surface area contributed by atoms with E-state index in [1.807, 2.05) is 25.1 Å². The highest BCUT2D eigenvalue weighted by molar-refractivity contribution is 5.96. The lowest BCUT2D eigenvalue weighted by atomic mass is 10.1. The number of nitrogens with zero attached hydrogens (tertiary/aromatic N) is 1. The largest absolute Gasteiger partial charge is 0.504 e. The predicted octanol–water partition coefficient (Wildman–Crippen LogP) is 4.03. The maximum atomic E-state index is 12.2. The number of allylic oxidation sites excluding steroid dienone is 1. The molecule has 0 unspecified atom stereocenters. The highest BCUT2D eigenvalue weighted by Crippen LogP contribution is 2.32. The fraction of sp³-hybridized carbons (Fsp3) is 0.143. The van der Waals surface area contributed by atoms with Crippen LogP contribution in [0, 0.1) is 0 Å². The van der Waals surface area contributed by atoms with E-state index >= 15 is 0 Å². The van der Waals surface area contributed by atoms with Crippen LogP contribution in [0.3, 0.4) is 0 Å². The maximum Gasteiger partial charge on any atom is 0.307 e. The number of rotatable bonds is 7. The molecule has 0 fully saturated rings. The molecule has 3 aromatic rings. The zero-order valence-corrected chi connectivity index (χ0v) is 14.9. The lowest BCUT2D eigenvalue weighted by Gasteiger charge is -2.10. The summed E-state index contributed by atoms with van der Waals surface area (Å²) in [6, 6.07) is 12.5. The summed E-state index contributed by atoms with van der Waals surface area (Å²) < 4.78 is 10.9. The Morgan fingerprint density at radius 3 is 2.89 bits per heavy atom. The normalized spacial score (nSPS) is 11.0. The van der Waals surface area contributed by atoms with Crippen molar-refractivity contribution in [1.82, 2.24) is 5.43 Å². The quantitative estimate of drug-likeness (QED) is 0.377. The van der Waals surface area contributed by atoms with Crippen molar-refractivity contribution in [2.45, 2.75) is 13.3 Å². The van der Waals surface area contributed by atoms with Gasteiger partial charge in [0.2, 0.25) is 0 Å². The molecule has 0 aliphatic rings. The molecule has 0 atom stereocenters. The predicted molar refractivity (Wildman–Crippen MR) is 104 cm³/mol. The Bertz CT molecular complexity index is 972. The van der Waals surface area contributed by atoms with Crippen LogP contribution >= 0.6 is 0 Å². The van der Waals surface area contributed by atoms with E-state index in [4.69, 9.17) is 9.15 Å². The van der Waals surface area contributed by atoms with E-state index in [1.54, 1.807) is 30.3 Å². The molecule has 0 aliphatic carbocycles. The molecule has 3 rings (SSSR count).